The first kappa shape index (κ1) is 15.0. The molecule has 0 amide bonds. The third kappa shape index (κ3) is 4.32. The van der Waals surface area contributed by atoms with Crippen molar-refractivity contribution in [2.45, 2.75) is 32.8 Å². The van der Waals surface area contributed by atoms with E-state index in [1.165, 1.54) is 0 Å². The second kappa shape index (κ2) is 6.89. The average molecular weight is 286 g/mol. The van der Waals surface area contributed by atoms with Gasteiger partial charge in [0, 0.05) is 6.42 Å². The highest BCUT2D eigenvalue weighted by Crippen LogP contribution is 2.19. The Morgan fingerprint density at radius 2 is 2.19 bits per heavy atom. The van der Waals surface area contributed by atoms with Crippen LogP contribution in [0.2, 0.25) is 0 Å². The second-order valence-electron chi connectivity index (χ2n) is 5.44. The van der Waals surface area contributed by atoms with Crippen LogP contribution < -0.4 is 0 Å². The highest BCUT2D eigenvalue weighted by molar-refractivity contribution is 6.01. The van der Waals surface area contributed by atoms with Crippen LogP contribution in [0.4, 0.5) is 0 Å². The fraction of sp³-hybridized carbons (Fsp3) is 0.438. The molecule has 21 heavy (non-hydrogen) atoms. The van der Waals surface area contributed by atoms with Crippen LogP contribution in [0.25, 0.3) is 0 Å². The second-order valence-corrected chi connectivity index (χ2v) is 5.44. The van der Waals surface area contributed by atoms with Gasteiger partial charge in [-0.15, -0.1) is 0 Å². The summed E-state index contributed by atoms with van der Waals surface area (Å²) in [6.45, 7) is 4.41. The Hall–Kier alpha value is -2.35. The number of ether oxygens (including phenoxy) is 1. The van der Waals surface area contributed by atoms with Gasteiger partial charge in [0.15, 0.2) is 0 Å². The summed E-state index contributed by atoms with van der Waals surface area (Å²) in [4.78, 5) is 16.9. The minimum absolute atomic E-state index is 0.204. The molecule has 5 heteroatoms. The van der Waals surface area contributed by atoms with Gasteiger partial charge in [0.2, 0.25) is 0 Å². The minimum atomic E-state index is -0.268. The monoisotopic (exact) mass is 286 g/mol. The van der Waals surface area contributed by atoms with Crippen molar-refractivity contribution in [3.8, 4) is 6.07 Å². The van der Waals surface area contributed by atoms with Gasteiger partial charge in [0.1, 0.15) is 6.10 Å². The predicted octanol–water partition coefficient (Wildman–Crippen LogP) is 2.64. The Balaban J connectivity index is 1.85. The smallest absolute Gasteiger partial charge is 0.309 e. The molecule has 0 bridgehead atoms. The van der Waals surface area contributed by atoms with Crippen LogP contribution >= 0.6 is 0 Å². The molecule has 0 aromatic heterocycles. The summed E-state index contributed by atoms with van der Waals surface area (Å²) in [6, 6.07) is 9.21. The number of carbonyl (C=O) groups is 1. The van der Waals surface area contributed by atoms with Gasteiger partial charge in [0.05, 0.1) is 30.4 Å². The molecule has 5 nitrogen and oxygen atoms in total. The molecule has 0 spiro atoms. The molecule has 1 unspecified atom stereocenters. The molecule has 0 radical (unpaired) electrons. The fourth-order valence-electron chi connectivity index (χ4n) is 1.95. The van der Waals surface area contributed by atoms with Crippen molar-refractivity contribution in [3.63, 3.8) is 0 Å². The first-order valence-electron chi connectivity index (χ1n) is 6.97. The van der Waals surface area contributed by atoms with Crippen molar-refractivity contribution in [2.24, 2.45) is 11.1 Å². The SMILES string of the molecule is CC(C)COC(=O)CC1CC(c2ccc(C#N)cc2)=NO1. The average Bonchev–Trinajstić information content (AvgIpc) is 2.93. The van der Waals surface area contributed by atoms with Crippen molar-refractivity contribution in [1.29, 1.82) is 5.26 Å². The largest absolute Gasteiger partial charge is 0.465 e. The minimum Gasteiger partial charge on any atom is -0.465 e. The van der Waals surface area contributed by atoms with Gasteiger partial charge >= 0.3 is 5.97 Å². The quantitative estimate of drug-likeness (QED) is 0.780. The summed E-state index contributed by atoms with van der Waals surface area (Å²) in [6.07, 6.45) is 0.508. The molecular weight excluding hydrogens is 268 g/mol. The number of hydrogen-bond donors (Lipinski definition) is 0. The van der Waals surface area contributed by atoms with Crippen molar-refractivity contribution in [3.05, 3.63) is 35.4 Å². The Kier molecular flexibility index (Phi) is 4.94. The van der Waals surface area contributed by atoms with Crippen molar-refractivity contribution in [2.75, 3.05) is 6.61 Å². The fourth-order valence-corrected chi connectivity index (χ4v) is 1.95. The van der Waals surface area contributed by atoms with E-state index in [1.807, 2.05) is 26.0 Å². The molecule has 1 heterocycles. The zero-order valence-corrected chi connectivity index (χ0v) is 12.2. The number of hydrogen-bond acceptors (Lipinski definition) is 5. The molecule has 1 aliphatic rings. The van der Waals surface area contributed by atoms with Crippen LogP contribution in [0.1, 0.15) is 37.8 Å². The topological polar surface area (TPSA) is 71.7 Å². The van der Waals surface area contributed by atoms with Gasteiger partial charge in [-0.25, -0.2) is 0 Å². The summed E-state index contributed by atoms with van der Waals surface area (Å²) in [5, 5.41) is 12.8. The van der Waals surface area contributed by atoms with E-state index in [9.17, 15) is 4.79 Å². The lowest BCUT2D eigenvalue weighted by molar-refractivity contribution is -0.147. The molecule has 0 N–H and O–H groups in total. The van der Waals surface area contributed by atoms with E-state index in [4.69, 9.17) is 14.8 Å². The third-order valence-corrected chi connectivity index (χ3v) is 3.05. The summed E-state index contributed by atoms with van der Waals surface area (Å²) in [5.74, 6) is 0.0638. The number of nitriles is 1. The highest BCUT2D eigenvalue weighted by Gasteiger charge is 2.25. The van der Waals surface area contributed by atoms with Crippen LogP contribution in [0.5, 0.6) is 0 Å². The van der Waals surface area contributed by atoms with E-state index in [-0.39, 0.29) is 18.5 Å². The van der Waals surface area contributed by atoms with Crippen molar-refractivity contribution < 1.29 is 14.4 Å². The van der Waals surface area contributed by atoms with Gasteiger partial charge < -0.3 is 9.57 Å². The molecule has 0 saturated carbocycles. The normalized spacial score (nSPS) is 17.0. The van der Waals surface area contributed by atoms with E-state index in [0.29, 0.717) is 24.5 Å². The van der Waals surface area contributed by atoms with E-state index >= 15 is 0 Å². The lowest BCUT2D eigenvalue weighted by atomic mass is 10.0. The van der Waals surface area contributed by atoms with Gasteiger partial charge in [-0.05, 0) is 23.6 Å². The molecule has 0 aliphatic carbocycles. The Bertz CT molecular complexity index is 570. The number of esters is 1. The molecular formula is C16H18N2O3. The molecule has 2 rings (SSSR count). The van der Waals surface area contributed by atoms with Gasteiger partial charge in [-0.2, -0.15) is 5.26 Å². The van der Waals surface area contributed by atoms with Gasteiger partial charge in [-0.1, -0.05) is 31.1 Å². The summed E-state index contributed by atoms with van der Waals surface area (Å²) in [5.41, 5.74) is 2.31. The molecule has 110 valence electrons. The van der Waals surface area contributed by atoms with Crippen LogP contribution in [0.15, 0.2) is 29.4 Å². The maximum absolute atomic E-state index is 11.6. The Morgan fingerprint density at radius 3 is 2.81 bits per heavy atom. The van der Waals surface area contributed by atoms with E-state index in [1.54, 1.807) is 12.1 Å². The first-order chi connectivity index (χ1) is 10.1. The third-order valence-electron chi connectivity index (χ3n) is 3.05. The summed E-state index contributed by atoms with van der Waals surface area (Å²) >= 11 is 0. The zero-order valence-electron chi connectivity index (χ0n) is 12.2. The summed E-state index contributed by atoms with van der Waals surface area (Å²) < 4.78 is 5.13. The lowest BCUT2D eigenvalue weighted by Gasteiger charge is -2.09. The number of carbonyl (C=O) groups excluding carboxylic acids is 1. The maximum Gasteiger partial charge on any atom is 0.309 e. The van der Waals surface area contributed by atoms with Crippen LogP contribution in [-0.2, 0) is 14.4 Å². The summed E-state index contributed by atoms with van der Waals surface area (Å²) in [7, 11) is 0. The number of rotatable bonds is 5. The molecule has 1 aromatic rings. The van der Waals surface area contributed by atoms with E-state index < -0.39 is 0 Å². The predicted molar refractivity (Wildman–Crippen MR) is 77.6 cm³/mol. The first-order valence-corrected chi connectivity index (χ1v) is 6.97. The number of nitrogens with zero attached hydrogens (tertiary/aromatic N) is 2. The van der Waals surface area contributed by atoms with E-state index in [0.717, 1.165) is 11.3 Å². The lowest BCUT2D eigenvalue weighted by Crippen LogP contribution is -2.18. The van der Waals surface area contributed by atoms with Gasteiger partial charge in [0.25, 0.3) is 0 Å². The highest BCUT2D eigenvalue weighted by atomic mass is 16.6. The van der Waals surface area contributed by atoms with Crippen molar-refractivity contribution in [1.82, 2.24) is 0 Å². The molecule has 1 aliphatic heterocycles. The number of oxime groups is 1. The zero-order chi connectivity index (χ0) is 15.2. The van der Waals surface area contributed by atoms with E-state index in [2.05, 4.69) is 11.2 Å². The number of benzene rings is 1. The standard InChI is InChI=1S/C16H18N2O3/c1-11(2)10-20-16(19)8-14-7-15(18-21-14)13-5-3-12(9-17)4-6-13/h3-6,11,14H,7-8,10H2,1-2H3. The molecule has 1 aromatic carbocycles. The molecule has 0 fully saturated rings. The Morgan fingerprint density at radius 1 is 1.48 bits per heavy atom. The van der Waals surface area contributed by atoms with Crippen molar-refractivity contribution >= 4 is 11.7 Å². The maximum atomic E-state index is 11.6. The van der Waals surface area contributed by atoms with Crippen LogP contribution in [0, 0.1) is 17.2 Å². The molecule has 0 saturated heterocycles. The molecule has 1 atom stereocenters. The van der Waals surface area contributed by atoms with Crippen LogP contribution in [-0.4, -0.2) is 24.4 Å². The van der Waals surface area contributed by atoms with Gasteiger partial charge in [-0.3, -0.25) is 4.79 Å². The Labute approximate surface area is 124 Å². The van der Waals surface area contributed by atoms with Crippen LogP contribution in [0.3, 0.4) is 0 Å².